The molecule has 1 amide bonds. The fourth-order valence-electron chi connectivity index (χ4n) is 1.99. The van der Waals surface area contributed by atoms with Crippen LogP contribution in [0.25, 0.3) is 10.9 Å². The number of fused-ring (bicyclic) bond motifs is 1. The average Bonchev–Trinajstić information content (AvgIpc) is 2.78. The van der Waals surface area contributed by atoms with Gasteiger partial charge in [0.2, 0.25) is 5.91 Å². The van der Waals surface area contributed by atoms with Gasteiger partial charge in [-0.05, 0) is 32.2 Å². The molecule has 6 nitrogen and oxygen atoms in total. The second kappa shape index (κ2) is 6.36. The number of hydrogen-bond acceptors (Lipinski definition) is 4. The number of nitrogens with one attached hydrogen (secondary N) is 3. The second-order valence-electron chi connectivity index (χ2n) is 4.36. The Labute approximate surface area is 120 Å². The first-order valence-electron chi connectivity index (χ1n) is 6.49. The number of ether oxygens (including phenoxy) is 1. The Balaban J connectivity index is 2.50. The van der Waals surface area contributed by atoms with Crippen LogP contribution in [0.15, 0.2) is 18.2 Å². The Hall–Kier alpha value is -2.41. The predicted molar refractivity (Wildman–Crippen MR) is 76.8 cm³/mol. The molecule has 7 heteroatoms. The first-order chi connectivity index (χ1) is 10.1. The van der Waals surface area contributed by atoms with E-state index in [0.29, 0.717) is 10.9 Å². The quantitative estimate of drug-likeness (QED) is 0.732. The third-order valence-electron chi connectivity index (χ3n) is 2.84. The molecule has 0 saturated carbocycles. The Kier molecular flexibility index (Phi) is 4.54. The number of amides is 1. The molecule has 0 spiro atoms. The zero-order chi connectivity index (χ0) is 15.4. The molecule has 2 aromatic rings. The number of halogens is 1. The SMILES string of the molecule is CCOC(=O)c1[nH]c2ccc(F)cc2c1NC(=O)CNC. The molecule has 1 heterocycles. The van der Waals surface area contributed by atoms with Crippen molar-refractivity contribution >= 4 is 28.5 Å². The largest absolute Gasteiger partial charge is 0.461 e. The molecule has 0 aliphatic carbocycles. The van der Waals surface area contributed by atoms with Crippen molar-refractivity contribution in [3.05, 3.63) is 29.7 Å². The summed E-state index contributed by atoms with van der Waals surface area (Å²) in [6.07, 6.45) is 0. The van der Waals surface area contributed by atoms with E-state index >= 15 is 0 Å². The topological polar surface area (TPSA) is 83.2 Å². The Morgan fingerprint density at radius 2 is 2.14 bits per heavy atom. The molecule has 1 aromatic heterocycles. The zero-order valence-corrected chi connectivity index (χ0v) is 11.7. The maximum atomic E-state index is 13.4. The van der Waals surface area contributed by atoms with Crippen LogP contribution in [0, 0.1) is 5.82 Å². The second-order valence-corrected chi connectivity index (χ2v) is 4.36. The summed E-state index contributed by atoms with van der Waals surface area (Å²) in [6.45, 7) is 1.95. The summed E-state index contributed by atoms with van der Waals surface area (Å²) in [6, 6.07) is 4.03. The Morgan fingerprint density at radius 3 is 2.81 bits per heavy atom. The van der Waals surface area contributed by atoms with E-state index in [4.69, 9.17) is 4.74 Å². The van der Waals surface area contributed by atoms with Crippen molar-refractivity contribution in [3.8, 4) is 0 Å². The molecule has 0 unspecified atom stereocenters. The van der Waals surface area contributed by atoms with Crippen molar-refractivity contribution in [2.75, 3.05) is 25.5 Å². The van der Waals surface area contributed by atoms with Gasteiger partial charge >= 0.3 is 5.97 Å². The van der Waals surface area contributed by atoms with Gasteiger partial charge in [-0.15, -0.1) is 0 Å². The molecule has 1 aromatic carbocycles. The Morgan fingerprint density at radius 1 is 1.38 bits per heavy atom. The van der Waals surface area contributed by atoms with E-state index < -0.39 is 11.8 Å². The first kappa shape index (κ1) is 15.0. The standard InChI is InChI=1S/C14H16FN3O3/c1-3-21-14(20)13-12(18-11(19)7-16-2)9-6-8(15)4-5-10(9)17-13/h4-6,16-17H,3,7H2,1-2H3,(H,18,19). The van der Waals surface area contributed by atoms with Gasteiger partial charge in [0.05, 0.1) is 18.8 Å². The van der Waals surface area contributed by atoms with E-state index in [2.05, 4.69) is 15.6 Å². The number of carbonyl (C=O) groups excluding carboxylic acids is 2. The van der Waals surface area contributed by atoms with E-state index in [1.807, 2.05) is 0 Å². The number of aromatic amines is 1. The molecule has 0 saturated heterocycles. The molecule has 0 aliphatic rings. The van der Waals surface area contributed by atoms with Gasteiger partial charge < -0.3 is 20.4 Å². The summed E-state index contributed by atoms with van der Waals surface area (Å²) in [5.74, 6) is -1.40. The lowest BCUT2D eigenvalue weighted by Crippen LogP contribution is -2.25. The summed E-state index contributed by atoms with van der Waals surface area (Å²) < 4.78 is 18.3. The van der Waals surface area contributed by atoms with Crippen molar-refractivity contribution in [2.45, 2.75) is 6.92 Å². The van der Waals surface area contributed by atoms with Crippen LogP contribution in [-0.2, 0) is 9.53 Å². The summed E-state index contributed by atoms with van der Waals surface area (Å²) in [4.78, 5) is 26.5. The molecule has 112 valence electrons. The maximum Gasteiger partial charge on any atom is 0.356 e. The molecule has 2 rings (SSSR count). The molecular weight excluding hydrogens is 277 g/mol. The van der Waals surface area contributed by atoms with E-state index in [1.54, 1.807) is 14.0 Å². The molecule has 0 fully saturated rings. The summed E-state index contributed by atoms with van der Waals surface area (Å²) >= 11 is 0. The first-order valence-corrected chi connectivity index (χ1v) is 6.49. The number of rotatable bonds is 5. The zero-order valence-electron chi connectivity index (χ0n) is 11.7. The van der Waals surface area contributed by atoms with Gasteiger partial charge in [-0.25, -0.2) is 9.18 Å². The number of aromatic nitrogens is 1. The fourth-order valence-corrected chi connectivity index (χ4v) is 1.99. The summed E-state index contributed by atoms with van der Waals surface area (Å²) in [7, 11) is 1.63. The van der Waals surface area contributed by atoms with Crippen LogP contribution in [0.1, 0.15) is 17.4 Å². The molecule has 21 heavy (non-hydrogen) atoms. The number of anilines is 1. The monoisotopic (exact) mass is 293 g/mol. The van der Waals surface area contributed by atoms with Gasteiger partial charge in [-0.2, -0.15) is 0 Å². The van der Waals surface area contributed by atoms with E-state index in [1.165, 1.54) is 18.2 Å². The van der Waals surface area contributed by atoms with Crippen LogP contribution < -0.4 is 10.6 Å². The van der Waals surface area contributed by atoms with Gasteiger partial charge in [0.1, 0.15) is 11.5 Å². The van der Waals surface area contributed by atoms with E-state index in [9.17, 15) is 14.0 Å². The number of benzene rings is 1. The number of hydrogen-bond donors (Lipinski definition) is 3. The maximum absolute atomic E-state index is 13.4. The molecular formula is C14H16FN3O3. The minimum absolute atomic E-state index is 0.0737. The lowest BCUT2D eigenvalue weighted by molar-refractivity contribution is -0.115. The molecule has 0 bridgehead atoms. The van der Waals surface area contributed by atoms with Crippen LogP contribution in [0.3, 0.4) is 0 Å². The van der Waals surface area contributed by atoms with Crippen LogP contribution in [0.5, 0.6) is 0 Å². The lowest BCUT2D eigenvalue weighted by Gasteiger charge is -2.06. The normalized spacial score (nSPS) is 10.6. The number of H-pyrrole nitrogens is 1. The highest BCUT2D eigenvalue weighted by Crippen LogP contribution is 2.29. The minimum Gasteiger partial charge on any atom is -0.461 e. The van der Waals surface area contributed by atoms with Crippen molar-refractivity contribution in [2.24, 2.45) is 0 Å². The van der Waals surface area contributed by atoms with Crippen LogP contribution in [0.2, 0.25) is 0 Å². The highest BCUT2D eigenvalue weighted by Gasteiger charge is 2.20. The highest BCUT2D eigenvalue weighted by molar-refractivity contribution is 6.11. The minimum atomic E-state index is -0.603. The molecule has 3 N–H and O–H groups in total. The summed E-state index contributed by atoms with van der Waals surface area (Å²) in [5, 5.41) is 5.72. The molecule has 0 aliphatic heterocycles. The molecule has 0 radical (unpaired) electrons. The van der Waals surface area contributed by atoms with E-state index in [-0.39, 0.29) is 30.4 Å². The fraction of sp³-hybridized carbons (Fsp3) is 0.286. The van der Waals surface area contributed by atoms with Crippen LogP contribution in [-0.4, -0.2) is 37.1 Å². The molecule has 0 atom stereocenters. The van der Waals surface area contributed by atoms with Crippen molar-refractivity contribution in [3.63, 3.8) is 0 Å². The van der Waals surface area contributed by atoms with Crippen molar-refractivity contribution in [1.82, 2.24) is 10.3 Å². The highest BCUT2D eigenvalue weighted by atomic mass is 19.1. The smallest absolute Gasteiger partial charge is 0.356 e. The van der Waals surface area contributed by atoms with Gasteiger partial charge in [0.25, 0.3) is 0 Å². The number of esters is 1. The van der Waals surface area contributed by atoms with Gasteiger partial charge in [-0.1, -0.05) is 0 Å². The predicted octanol–water partition coefficient (Wildman–Crippen LogP) is 1.64. The van der Waals surface area contributed by atoms with Gasteiger partial charge in [-0.3, -0.25) is 4.79 Å². The average molecular weight is 293 g/mol. The summed E-state index contributed by atoms with van der Waals surface area (Å²) in [5.41, 5.74) is 0.865. The third-order valence-corrected chi connectivity index (χ3v) is 2.84. The van der Waals surface area contributed by atoms with Crippen molar-refractivity contribution in [1.29, 1.82) is 0 Å². The number of carbonyl (C=O) groups is 2. The Bertz CT molecular complexity index is 681. The van der Waals surface area contributed by atoms with Crippen LogP contribution in [0.4, 0.5) is 10.1 Å². The van der Waals surface area contributed by atoms with E-state index in [0.717, 1.165) is 0 Å². The van der Waals surface area contributed by atoms with Crippen LogP contribution >= 0.6 is 0 Å². The van der Waals surface area contributed by atoms with Crippen molar-refractivity contribution < 1.29 is 18.7 Å². The van der Waals surface area contributed by atoms with Gasteiger partial charge in [0, 0.05) is 10.9 Å². The third kappa shape index (κ3) is 3.19. The number of likely N-dealkylation sites (N-methyl/N-ethyl adjacent to an activating group) is 1. The lowest BCUT2D eigenvalue weighted by atomic mass is 10.2. The van der Waals surface area contributed by atoms with Gasteiger partial charge in [0.15, 0.2) is 0 Å².